The Labute approximate surface area is 111 Å². The highest BCUT2D eigenvalue weighted by Crippen LogP contribution is 2.37. The molecule has 3 heteroatoms. The number of aliphatic imine (C=N–C) groups is 1. The summed E-state index contributed by atoms with van der Waals surface area (Å²) < 4.78 is 0. The van der Waals surface area contributed by atoms with Gasteiger partial charge in [0.2, 0.25) is 0 Å². The van der Waals surface area contributed by atoms with Gasteiger partial charge < -0.3 is 5.73 Å². The van der Waals surface area contributed by atoms with E-state index in [1.54, 1.807) is 0 Å². The van der Waals surface area contributed by atoms with Crippen molar-refractivity contribution in [3.05, 3.63) is 53.6 Å². The quantitative estimate of drug-likeness (QED) is 0.425. The summed E-state index contributed by atoms with van der Waals surface area (Å²) in [5, 5.41) is 0. The minimum absolute atomic E-state index is 0.261. The fourth-order valence-corrected chi connectivity index (χ4v) is 2.46. The second-order valence-electron chi connectivity index (χ2n) is 4.41. The highest BCUT2D eigenvalue weighted by molar-refractivity contribution is 6.28. The van der Waals surface area contributed by atoms with E-state index in [9.17, 15) is 0 Å². The second-order valence-corrected chi connectivity index (χ2v) is 4.68. The first kappa shape index (κ1) is 11.3. The molecule has 2 N–H and O–H groups in total. The monoisotopic (exact) mass is 256 g/mol. The third-order valence-electron chi connectivity index (χ3n) is 3.19. The molecule has 0 atom stereocenters. The average molecular weight is 257 g/mol. The molecule has 18 heavy (non-hydrogen) atoms. The van der Waals surface area contributed by atoms with E-state index >= 15 is 0 Å². The van der Waals surface area contributed by atoms with Crippen LogP contribution in [-0.4, -0.2) is 11.7 Å². The van der Waals surface area contributed by atoms with E-state index in [4.69, 9.17) is 17.3 Å². The minimum Gasteiger partial charge on any atom is -0.386 e. The number of hydrogen-bond donors (Lipinski definition) is 1. The molecule has 90 valence electrons. The van der Waals surface area contributed by atoms with E-state index in [2.05, 4.69) is 41.4 Å². The number of fused-ring (bicyclic) bond motifs is 3. The van der Waals surface area contributed by atoms with Crippen molar-refractivity contribution in [1.29, 1.82) is 0 Å². The molecule has 1 aliphatic rings. The van der Waals surface area contributed by atoms with Crippen LogP contribution in [0.2, 0.25) is 0 Å². The Morgan fingerprint density at radius 1 is 1.11 bits per heavy atom. The molecule has 0 saturated heterocycles. The Bertz CT molecular complexity index is 632. The number of nitrogens with zero attached hydrogens (tertiary/aromatic N) is 1. The highest BCUT2D eigenvalue weighted by atomic mass is 35.5. The van der Waals surface area contributed by atoms with Crippen LogP contribution in [0.25, 0.3) is 11.1 Å². The molecule has 0 bridgehead atoms. The number of amidine groups is 1. The lowest BCUT2D eigenvalue weighted by Gasteiger charge is -2.02. The van der Waals surface area contributed by atoms with Gasteiger partial charge in [0.1, 0.15) is 5.84 Å². The Balaban J connectivity index is 2.03. The Morgan fingerprint density at radius 2 is 1.89 bits per heavy atom. The summed E-state index contributed by atoms with van der Waals surface area (Å²) in [5.74, 6) is 0.712. The van der Waals surface area contributed by atoms with Crippen LogP contribution in [0.3, 0.4) is 0 Å². The molecule has 0 amide bonds. The van der Waals surface area contributed by atoms with Crippen LogP contribution in [0.4, 0.5) is 5.69 Å². The first-order valence-electron chi connectivity index (χ1n) is 5.88. The number of hydrogen-bond acceptors (Lipinski definition) is 1. The second kappa shape index (κ2) is 4.46. The summed E-state index contributed by atoms with van der Waals surface area (Å²) in [6.45, 7) is 0. The molecular weight excluding hydrogens is 244 g/mol. The van der Waals surface area contributed by atoms with Gasteiger partial charge in [-0.3, -0.25) is 0 Å². The minimum atomic E-state index is 0.261. The van der Waals surface area contributed by atoms with Crippen LogP contribution in [0, 0.1) is 0 Å². The summed E-state index contributed by atoms with van der Waals surface area (Å²) in [5.41, 5.74) is 11.8. The molecule has 2 nitrogen and oxygen atoms in total. The number of rotatable bonds is 2. The number of halogens is 1. The molecule has 0 saturated carbocycles. The predicted octanol–water partition coefficient (Wildman–Crippen LogP) is 3.49. The van der Waals surface area contributed by atoms with Crippen molar-refractivity contribution in [3.63, 3.8) is 0 Å². The van der Waals surface area contributed by atoms with Crippen LogP contribution >= 0.6 is 11.6 Å². The van der Waals surface area contributed by atoms with Gasteiger partial charge in [-0.2, -0.15) is 0 Å². The van der Waals surface area contributed by atoms with Gasteiger partial charge in [0, 0.05) is 0 Å². The lowest BCUT2D eigenvalue weighted by Crippen LogP contribution is -2.12. The normalized spacial score (nSPS) is 13.3. The maximum atomic E-state index is 5.65. The average Bonchev–Trinajstić information content (AvgIpc) is 2.76. The van der Waals surface area contributed by atoms with Crippen molar-refractivity contribution in [2.24, 2.45) is 10.7 Å². The lowest BCUT2D eigenvalue weighted by molar-refractivity contribution is 1.26. The maximum absolute atomic E-state index is 5.65. The topological polar surface area (TPSA) is 38.4 Å². The van der Waals surface area contributed by atoms with Crippen LogP contribution in [0.1, 0.15) is 11.1 Å². The third-order valence-corrected chi connectivity index (χ3v) is 3.46. The summed E-state index contributed by atoms with van der Waals surface area (Å²) in [6, 6.07) is 14.7. The maximum Gasteiger partial charge on any atom is 0.115 e. The molecule has 0 heterocycles. The first-order valence-corrected chi connectivity index (χ1v) is 6.41. The molecule has 0 radical (unpaired) electrons. The number of benzene rings is 2. The lowest BCUT2D eigenvalue weighted by atomic mass is 10.1. The van der Waals surface area contributed by atoms with Gasteiger partial charge in [0.25, 0.3) is 0 Å². The molecular formula is C15H13ClN2. The van der Waals surface area contributed by atoms with E-state index in [0.717, 1.165) is 12.1 Å². The smallest absolute Gasteiger partial charge is 0.115 e. The standard InChI is InChI=1S/C15H13ClN2/c16-9-15(17)18-12-5-6-14-11(8-12)7-10-3-1-2-4-13(10)14/h1-6,8H,7,9H2,(H2,17,18). The van der Waals surface area contributed by atoms with Crippen LogP contribution in [-0.2, 0) is 6.42 Å². The van der Waals surface area contributed by atoms with Gasteiger partial charge in [0.05, 0.1) is 11.6 Å². The van der Waals surface area contributed by atoms with E-state index in [1.807, 2.05) is 6.07 Å². The van der Waals surface area contributed by atoms with Crippen molar-refractivity contribution in [2.75, 3.05) is 5.88 Å². The molecule has 1 aliphatic carbocycles. The molecule has 0 unspecified atom stereocenters. The third kappa shape index (κ3) is 1.89. The summed E-state index contributed by atoms with van der Waals surface area (Å²) >= 11 is 5.64. The van der Waals surface area contributed by atoms with E-state index in [1.165, 1.54) is 22.3 Å². The van der Waals surface area contributed by atoms with Crippen molar-refractivity contribution >= 4 is 23.1 Å². The summed E-state index contributed by atoms with van der Waals surface area (Å²) in [4.78, 5) is 4.28. The zero-order chi connectivity index (χ0) is 12.5. The zero-order valence-electron chi connectivity index (χ0n) is 9.86. The van der Waals surface area contributed by atoms with Crippen LogP contribution in [0.5, 0.6) is 0 Å². The molecule has 0 fully saturated rings. The highest BCUT2D eigenvalue weighted by Gasteiger charge is 2.17. The molecule has 2 aromatic rings. The van der Waals surface area contributed by atoms with Crippen LogP contribution < -0.4 is 5.73 Å². The summed E-state index contributed by atoms with van der Waals surface area (Å²) in [6.07, 6.45) is 0.968. The van der Waals surface area contributed by atoms with Gasteiger partial charge in [-0.15, -0.1) is 11.6 Å². The van der Waals surface area contributed by atoms with Gasteiger partial charge in [-0.1, -0.05) is 30.3 Å². The van der Waals surface area contributed by atoms with Crippen molar-refractivity contribution in [3.8, 4) is 11.1 Å². The van der Waals surface area contributed by atoms with Crippen LogP contribution in [0.15, 0.2) is 47.5 Å². The summed E-state index contributed by atoms with van der Waals surface area (Å²) in [7, 11) is 0. The van der Waals surface area contributed by atoms with Gasteiger partial charge in [-0.25, -0.2) is 4.99 Å². The van der Waals surface area contributed by atoms with Crippen molar-refractivity contribution in [1.82, 2.24) is 0 Å². The molecule has 0 aromatic heterocycles. The SMILES string of the molecule is NC(CCl)=Nc1ccc2c(c1)Cc1ccccc1-2. The Kier molecular flexibility index (Phi) is 2.80. The molecule has 0 aliphatic heterocycles. The van der Waals surface area contributed by atoms with E-state index in [0.29, 0.717) is 5.84 Å². The van der Waals surface area contributed by atoms with E-state index < -0.39 is 0 Å². The number of nitrogens with two attached hydrogens (primary N) is 1. The van der Waals surface area contributed by atoms with Crippen molar-refractivity contribution < 1.29 is 0 Å². The zero-order valence-corrected chi connectivity index (χ0v) is 10.6. The number of alkyl halides is 1. The fraction of sp³-hybridized carbons (Fsp3) is 0.133. The van der Waals surface area contributed by atoms with Gasteiger partial charge in [0.15, 0.2) is 0 Å². The van der Waals surface area contributed by atoms with Crippen molar-refractivity contribution in [2.45, 2.75) is 6.42 Å². The Morgan fingerprint density at radius 3 is 2.72 bits per heavy atom. The predicted molar refractivity (Wildman–Crippen MR) is 76.7 cm³/mol. The molecule has 2 aromatic carbocycles. The largest absolute Gasteiger partial charge is 0.386 e. The Hall–Kier alpha value is -1.80. The van der Waals surface area contributed by atoms with E-state index in [-0.39, 0.29) is 5.88 Å². The molecule has 0 spiro atoms. The molecule has 3 rings (SSSR count). The van der Waals surface area contributed by atoms with Gasteiger partial charge in [-0.05, 0) is 40.8 Å². The first-order chi connectivity index (χ1) is 8.78. The fourth-order valence-electron chi connectivity index (χ4n) is 2.40. The van der Waals surface area contributed by atoms with Gasteiger partial charge >= 0.3 is 0 Å².